The molecule has 1 aliphatic rings. The second-order valence-corrected chi connectivity index (χ2v) is 5.36. The molecule has 0 amide bonds. The predicted molar refractivity (Wildman–Crippen MR) is 76.3 cm³/mol. The van der Waals surface area contributed by atoms with Gasteiger partial charge in [0.1, 0.15) is 0 Å². The molecular formula is C13H17BrClNO. The molecule has 94 valence electrons. The standard InChI is InChI=1S/C13H17BrClNO/c1-16(12-4-6-17-7-5-12)13-8-11(15)3-2-10(13)9-14/h2-3,8,12H,4-7,9H2,1H3. The van der Waals surface area contributed by atoms with E-state index in [4.69, 9.17) is 16.3 Å². The molecule has 0 radical (unpaired) electrons. The van der Waals surface area contributed by atoms with Gasteiger partial charge >= 0.3 is 0 Å². The normalized spacial score (nSPS) is 17.1. The minimum Gasteiger partial charge on any atom is -0.381 e. The quantitative estimate of drug-likeness (QED) is 0.785. The van der Waals surface area contributed by atoms with Crippen molar-refractivity contribution >= 4 is 33.2 Å². The summed E-state index contributed by atoms with van der Waals surface area (Å²) in [4.78, 5) is 2.34. The van der Waals surface area contributed by atoms with Gasteiger partial charge in [-0.1, -0.05) is 33.6 Å². The van der Waals surface area contributed by atoms with Crippen LogP contribution in [0.3, 0.4) is 0 Å². The zero-order chi connectivity index (χ0) is 12.3. The molecule has 1 saturated heterocycles. The fraction of sp³-hybridized carbons (Fsp3) is 0.538. The van der Waals surface area contributed by atoms with Crippen LogP contribution in [0.15, 0.2) is 18.2 Å². The summed E-state index contributed by atoms with van der Waals surface area (Å²) in [7, 11) is 2.15. The average molecular weight is 319 g/mol. The van der Waals surface area contributed by atoms with Crippen LogP contribution in [-0.4, -0.2) is 26.3 Å². The van der Waals surface area contributed by atoms with E-state index in [2.05, 4.69) is 33.9 Å². The number of rotatable bonds is 3. The molecular weight excluding hydrogens is 302 g/mol. The Kier molecular flexibility index (Phi) is 4.71. The topological polar surface area (TPSA) is 12.5 Å². The third kappa shape index (κ3) is 3.15. The highest BCUT2D eigenvalue weighted by atomic mass is 79.9. The molecule has 0 spiro atoms. The van der Waals surface area contributed by atoms with Gasteiger partial charge in [0.25, 0.3) is 0 Å². The summed E-state index contributed by atoms with van der Waals surface area (Å²) in [6.07, 6.45) is 2.18. The van der Waals surface area contributed by atoms with Gasteiger partial charge in [-0.2, -0.15) is 0 Å². The van der Waals surface area contributed by atoms with Crippen molar-refractivity contribution in [2.45, 2.75) is 24.2 Å². The lowest BCUT2D eigenvalue weighted by molar-refractivity contribution is 0.0854. The molecule has 0 atom stereocenters. The minimum absolute atomic E-state index is 0.556. The number of halogens is 2. The van der Waals surface area contributed by atoms with Crippen molar-refractivity contribution in [1.29, 1.82) is 0 Å². The molecule has 0 aliphatic carbocycles. The average Bonchev–Trinajstić information content (AvgIpc) is 2.39. The lowest BCUT2D eigenvalue weighted by Crippen LogP contribution is -2.37. The van der Waals surface area contributed by atoms with Gasteiger partial charge in [0.2, 0.25) is 0 Å². The maximum absolute atomic E-state index is 6.09. The zero-order valence-electron chi connectivity index (χ0n) is 9.96. The van der Waals surface area contributed by atoms with Gasteiger partial charge in [0.05, 0.1) is 0 Å². The van der Waals surface area contributed by atoms with E-state index in [1.807, 2.05) is 12.1 Å². The summed E-state index contributed by atoms with van der Waals surface area (Å²) >= 11 is 9.62. The van der Waals surface area contributed by atoms with Crippen LogP contribution in [0.25, 0.3) is 0 Å². The highest BCUT2D eigenvalue weighted by molar-refractivity contribution is 9.08. The number of hydrogen-bond acceptors (Lipinski definition) is 2. The molecule has 4 heteroatoms. The summed E-state index contributed by atoms with van der Waals surface area (Å²) in [5.41, 5.74) is 2.50. The molecule has 1 aromatic carbocycles. The summed E-state index contributed by atoms with van der Waals surface area (Å²) in [6, 6.07) is 6.63. The largest absolute Gasteiger partial charge is 0.381 e. The minimum atomic E-state index is 0.556. The molecule has 0 aromatic heterocycles. The smallest absolute Gasteiger partial charge is 0.0485 e. The van der Waals surface area contributed by atoms with Gasteiger partial charge in [0, 0.05) is 42.3 Å². The second-order valence-electron chi connectivity index (χ2n) is 4.36. The number of alkyl halides is 1. The number of benzene rings is 1. The van der Waals surface area contributed by atoms with Crippen LogP contribution in [-0.2, 0) is 10.1 Å². The predicted octanol–water partition coefficient (Wildman–Crippen LogP) is 3.85. The third-order valence-corrected chi connectivity index (χ3v) is 4.15. The molecule has 1 heterocycles. The lowest BCUT2D eigenvalue weighted by atomic mass is 10.1. The van der Waals surface area contributed by atoms with E-state index in [0.29, 0.717) is 6.04 Å². The highest BCUT2D eigenvalue weighted by Gasteiger charge is 2.20. The Labute approximate surface area is 116 Å². The molecule has 2 nitrogen and oxygen atoms in total. The molecule has 2 rings (SSSR count). The summed E-state index contributed by atoms with van der Waals surface area (Å²) < 4.78 is 5.40. The monoisotopic (exact) mass is 317 g/mol. The van der Waals surface area contributed by atoms with Crippen LogP contribution in [0.2, 0.25) is 5.02 Å². The first kappa shape index (κ1) is 13.2. The van der Waals surface area contributed by atoms with Crippen LogP contribution < -0.4 is 4.90 Å². The Bertz CT molecular complexity index is 380. The number of nitrogens with zero attached hydrogens (tertiary/aromatic N) is 1. The van der Waals surface area contributed by atoms with E-state index in [1.165, 1.54) is 11.3 Å². The maximum atomic E-state index is 6.09. The Hall–Kier alpha value is -0.250. The SMILES string of the molecule is CN(c1cc(Cl)ccc1CBr)C1CCOCC1. The molecule has 0 bridgehead atoms. The van der Waals surface area contributed by atoms with Gasteiger partial charge in [0.15, 0.2) is 0 Å². The second kappa shape index (κ2) is 6.07. The van der Waals surface area contributed by atoms with Gasteiger partial charge in [-0.3, -0.25) is 0 Å². The molecule has 1 fully saturated rings. The van der Waals surface area contributed by atoms with E-state index in [9.17, 15) is 0 Å². The number of ether oxygens (including phenoxy) is 1. The Morgan fingerprint density at radius 1 is 1.41 bits per heavy atom. The highest BCUT2D eigenvalue weighted by Crippen LogP contribution is 2.29. The van der Waals surface area contributed by atoms with Gasteiger partial charge in [-0.05, 0) is 30.5 Å². The first-order valence-electron chi connectivity index (χ1n) is 5.87. The van der Waals surface area contributed by atoms with Crippen molar-refractivity contribution in [3.05, 3.63) is 28.8 Å². The number of anilines is 1. The Morgan fingerprint density at radius 2 is 2.12 bits per heavy atom. The summed E-state index contributed by atoms with van der Waals surface area (Å²) in [5.74, 6) is 0. The summed E-state index contributed by atoms with van der Waals surface area (Å²) in [5, 5.41) is 1.65. The molecule has 0 saturated carbocycles. The van der Waals surface area contributed by atoms with Crippen LogP contribution in [0.5, 0.6) is 0 Å². The van der Waals surface area contributed by atoms with Crippen molar-refractivity contribution in [3.63, 3.8) is 0 Å². The fourth-order valence-electron chi connectivity index (χ4n) is 2.25. The lowest BCUT2D eigenvalue weighted by Gasteiger charge is -2.34. The molecule has 1 aliphatic heterocycles. The molecule has 17 heavy (non-hydrogen) atoms. The van der Waals surface area contributed by atoms with Gasteiger partial charge in [-0.25, -0.2) is 0 Å². The van der Waals surface area contributed by atoms with Crippen LogP contribution in [0.4, 0.5) is 5.69 Å². The van der Waals surface area contributed by atoms with Gasteiger partial charge in [-0.15, -0.1) is 0 Å². The zero-order valence-corrected chi connectivity index (χ0v) is 12.3. The van der Waals surface area contributed by atoms with E-state index in [1.54, 1.807) is 0 Å². The molecule has 0 unspecified atom stereocenters. The van der Waals surface area contributed by atoms with Crippen LogP contribution >= 0.6 is 27.5 Å². The van der Waals surface area contributed by atoms with Crippen molar-refractivity contribution < 1.29 is 4.74 Å². The third-order valence-electron chi connectivity index (χ3n) is 3.31. The number of hydrogen-bond donors (Lipinski definition) is 0. The Morgan fingerprint density at radius 3 is 2.76 bits per heavy atom. The first-order chi connectivity index (χ1) is 8.22. The van der Waals surface area contributed by atoms with E-state index in [-0.39, 0.29) is 0 Å². The first-order valence-corrected chi connectivity index (χ1v) is 7.37. The fourth-order valence-corrected chi connectivity index (χ4v) is 2.89. The molecule has 0 N–H and O–H groups in total. The van der Waals surface area contributed by atoms with E-state index in [0.717, 1.165) is 36.4 Å². The van der Waals surface area contributed by atoms with Crippen LogP contribution in [0, 0.1) is 0 Å². The summed E-state index contributed by atoms with van der Waals surface area (Å²) in [6.45, 7) is 1.72. The van der Waals surface area contributed by atoms with Crippen molar-refractivity contribution in [2.75, 3.05) is 25.2 Å². The van der Waals surface area contributed by atoms with E-state index >= 15 is 0 Å². The van der Waals surface area contributed by atoms with Crippen molar-refractivity contribution in [2.24, 2.45) is 0 Å². The van der Waals surface area contributed by atoms with Crippen molar-refractivity contribution in [3.8, 4) is 0 Å². The molecule has 1 aromatic rings. The van der Waals surface area contributed by atoms with Gasteiger partial charge < -0.3 is 9.64 Å². The van der Waals surface area contributed by atoms with E-state index < -0.39 is 0 Å². The maximum Gasteiger partial charge on any atom is 0.0485 e. The van der Waals surface area contributed by atoms with Crippen molar-refractivity contribution in [1.82, 2.24) is 0 Å². The van der Waals surface area contributed by atoms with Crippen LogP contribution in [0.1, 0.15) is 18.4 Å². The Balaban J connectivity index is 2.21.